The summed E-state index contributed by atoms with van der Waals surface area (Å²) in [5, 5.41) is 7.22. The number of aromatic amines is 1. The van der Waals surface area contributed by atoms with Crippen LogP contribution in [-0.2, 0) is 6.42 Å². The van der Waals surface area contributed by atoms with Gasteiger partial charge in [-0.05, 0) is 30.5 Å². The average Bonchev–Trinajstić information content (AvgIpc) is 3.02. The van der Waals surface area contributed by atoms with E-state index in [1.54, 1.807) is 12.4 Å². The summed E-state index contributed by atoms with van der Waals surface area (Å²) in [5.41, 5.74) is 1.21. The third-order valence-corrected chi connectivity index (χ3v) is 2.61. The van der Waals surface area contributed by atoms with Gasteiger partial charge in [0.15, 0.2) is 5.82 Å². The van der Waals surface area contributed by atoms with Crippen LogP contribution >= 0.6 is 0 Å². The lowest BCUT2D eigenvalue weighted by Crippen LogP contribution is -1.91. The molecule has 4 nitrogen and oxygen atoms in total. The van der Waals surface area contributed by atoms with E-state index >= 15 is 0 Å². The molecular formula is C11H12N4. The molecule has 1 saturated carbocycles. The highest BCUT2D eigenvalue weighted by Crippen LogP contribution is 2.37. The summed E-state index contributed by atoms with van der Waals surface area (Å²) in [6.07, 6.45) is 6.89. The van der Waals surface area contributed by atoms with Crippen LogP contribution in [0.5, 0.6) is 0 Å². The molecule has 2 aromatic rings. The quantitative estimate of drug-likeness (QED) is 0.819. The minimum Gasteiger partial charge on any atom is -0.265 e. The molecule has 1 aliphatic carbocycles. The van der Waals surface area contributed by atoms with Crippen LogP contribution in [0.1, 0.15) is 36.0 Å². The highest BCUT2D eigenvalue weighted by Gasteiger charge is 2.27. The molecule has 1 aliphatic rings. The predicted molar refractivity (Wildman–Crippen MR) is 55.4 cm³/mol. The molecular weight excluding hydrogens is 188 g/mol. The van der Waals surface area contributed by atoms with Crippen molar-refractivity contribution in [2.75, 3.05) is 0 Å². The number of H-pyrrole nitrogens is 1. The first kappa shape index (κ1) is 8.59. The van der Waals surface area contributed by atoms with Gasteiger partial charge >= 0.3 is 0 Å². The molecule has 0 aromatic carbocycles. The maximum Gasteiger partial charge on any atom is 0.153 e. The molecule has 4 heteroatoms. The summed E-state index contributed by atoms with van der Waals surface area (Å²) >= 11 is 0. The van der Waals surface area contributed by atoms with Gasteiger partial charge in [0.25, 0.3) is 0 Å². The van der Waals surface area contributed by atoms with Crippen molar-refractivity contribution in [2.45, 2.75) is 25.2 Å². The topological polar surface area (TPSA) is 54.5 Å². The van der Waals surface area contributed by atoms with Gasteiger partial charge in [-0.15, -0.1) is 0 Å². The maximum atomic E-state index is 4.48. The molecule has 0 aliphatic heterocycles. The first-order valence-electron chi connectivity index (χ1n) is 5.22. The fraction of sp³-hybridized carbons (Fsp3) is 0.364. The second-order valence-electron chi connectivity index (χ2n) is 3.95. The molecule has 1 fully saturated rings. The van der Waals surface area contributed by atoms with Crippen LogP contribution < -0.4 is 0 Å². The molecule has 76 valence electrons. The Bertz CT molecular complexity index is 445. The molecule has 0 spiro atoms. The third-order valence-electron chi connectivity index (χ3n) is 2.61. The van der Waals surface area contributed by atoms with E-state index in [1.807, 2.05) is 12.1 Å². The Kier molecular flexibility index (Phi) is 1.98. The van der Waals surface area contributed by atoms with E-state index in [9.17, 15) is 0 Å². The Hall–Kier alpha value is -1.71. The fourth-order valence-electron chi connectivity index (χ4n) is 1.61. The summed E-state index contributed by atoms with van der Waals surface area (Å²) in [6, 6.07) is 4.00. The van der Waals surface area contributed by atoms with Gasteiger partial charge in [-0.1, -0.05) is 0 Å². The van der Waals surface area contributed by atoms with E-state index < -0.39 is 0 Å². The van der Waals surface area contributed by atoms with Crippen LogP contribution in [-0.4, -0.2) is 20.2 Å². The first-order valence-corrected chi connectivity index (χ1v) is 5.22. The monoisotopic (exact) mass is 200 g/mol. The van der Waals surface area contributed by atoms with Crippen LogP contribution in [0.2, 0.25) is 0 Å². The highest BCUT2D eigenvalue weighted by molar-refractivity contribution is 5.16. The zero-order valence-electron chi connectivity index (χ0n) is 8.35. The van der Waals surface area contributed by atoms with Crippen molar-refractivity contribution < 1.29 is 0 Å². The van der Waals surface area contributed by atoms with Gasteiger partial charge in [-0.25, -0.2) is 4.98 Å². The second kappa shape index (κ2) is 3.46. The lowest BCUT2D eigenvalue weighted by Gasteiger charge is -1.95. The number of hydrogen-bond acceptors (Lipinski definition) is 3. The molecule has 1 N–H and O–H groups in total. The lowest BCUT2D eigenvalue weighted by molar-refractivity contribution is 0.932. The Labute approximate surface area is 87.8 Å². The Morgan fingerprint density at radius 2 is 2.07 bits per heavy atom. The van der Waals surface area contributed by atoms with Gasteiger partial charge in [-0.3, -0.25) is 10.1 Å². The van der Waals surface area contributed by atoms with E-state index in [0.29, 0.717) is 5.92 Å². The van der Waals surface area contributed by atoms with Gasteiger partial charge in [0.05, 0.1) is 0 Å². The minimum absolute atomic E-state index is 0.618. The van der Waals surface area contributed by atoms with E-state index in [0.717, 1.165) is 18.1 Å². The standard InChI is InChI=1S/C11H12N4/c1-2-9(1)11-13-10(14-15-11)7-8-3-5-12-6-4-8/h3-6,9H,1-2,7H2,(H,13,14,15). The van der Waals surface area contributed by atoms with Crippen LogP contribution in [0.25, 0.3) is 0 Å². The number of hydrogen-bond donors (Lipinski definition) is 1. The first-order chi connectivity index (χ1) is 7.42. The van der Waals surface area contributed by atoms with Gasteiger partial charge in [-0.2, -0.15) is 5.10 Å². The molecule has 0 saturated heterocycles. The third kappa shape index (κ3) is 1.88. The molecule has 0 amide bonds. The van der Waals surface area contributed by atoms with Crippen molar-refractivity contribution in [1.82, 2.24) is 20.2 Å². The van der Waals surface area contributed by atoms with Crippen molar-refractivity contribution >= 4 is 0 Å². The zero-order chi connectivity index (χ0) is 10.1. The fourth-order valence-corrected chi connectivity index (χ4v) is 1.61. The van der Waals surface area contributed by atoms with Crippen molar-refractivity contribution in [2.24, 2.45) is 0 Å². The molecule has 3 rings (SSSR count). The molecule has 2 aromatic heterocycles. The zero-order valence-corrected chi connectivity index (χ0v) is 8.35. The molecule has 15 heavy (non-hydrogen) atoms. The Morgan fingerprint density at radius 1 is 1.27 bits per heavy atom. The Morgan fingerprint density at radius 3 is 2.80 bits per heavy atom. The predicted octanol–water partition coefficient (Wildman–Crippen LogP) is 1.67. The summed E-state index contributed by atoms with van der Waals surface area (Å²) in [7, 11) is 0. The van der Waals surface area contributed by atoms with Crippen LogP contribution in [0.4, 0.5) is 0 Å². The summed E-state index contributed by atoms with van der Waals surface area (Å²) in [6.45, 7) is 0. The van der Waals surface area contributed by atoms with Crippen LogP contribution in [0, 0.1) is 0 Å². The van der Waals surface area contributed by atoms with Gasteiger partial charge in [0.2, 0.25) is 0 Å². The molecule has 0 bridgehead atoms. The van der Waals surface area contributed by atoms with Crippen molar-refractivity contribution in [3.05, 3.63) is 41.7 Å². The summed E-state index contributed by atoms with van der Waals surface area (Å²) in [4.78, 5) is 8.46. The number of rotatable bonds is 3. The largest absolute Gasteiger partial charge is 0.265 e. The van der Waals surface area contributed by atoms with E-state index in [-0.39, 0.29) is 0 Å². The summed E-state index contributed by atoms with van der Waals surface area (Å²) in [5.74, 6) is 2.55. The van der Waals surface area contributed by atoms with E-state index in [4.69, 9.17) is 0 Å². The SMILES string of the molecule is c1cc(Cc2nc(C3CC3)n[nH]2)ccn1. The normalized spacial score (nSPS) is 15.5. The molecule has 0 atom stereocenters. The van der Waals surface area contributed by atoms with Gasteiger partial charge in [0, 0.05) is 24.7 Å². The molecule has 0 radical (unpaired) electrons. The van der Waals surface area contributed by atoms with E-state index in [1.165, 1.54) is 18.4 Å². The van der Waals surface area contributed by atoms with Crippen molar-refractivity contribution in [1.29, 1.82) is 0 Å². The van der Waals surface area contributed by atoms with Crippen molar-refractivity contribution in [3.8, 4) is 0 Å². The molecule has 2 heterocycles. The van der Waals surface area contributed by atoms with Crippen LogP contribution in [0.3, 0.4) is 0 Å². The minimum atomic E-state index is 0.618. The van der Waals surface area contributed by atoms with Crippen LogP contribution in [0.15, 0.2) is 24.5 Å². The smallest absolute Gasteiger partial charge is 0.153 e. The maximum absolute atomic E-state index is 4.48. The highest BCUT2D eigenvalue weighted by atomic mass is 15.2. The van der Waals surface area contributed by atoms with Crippen molar-refractivity contribution in [3.63, 3.8) is 0 Å². The molecule has 0 unspecified atom stereocenters. The number of aromatic nitrogens is 4. The number of nitrogens with zero attached hydrogens (tertiary/aromatic N) is 3. The van der Waals surface area contributed by atoms with Gasteiger partial charge in [0.1, 0.15) is 5.82 Å². The lowest BCUT2D eigenvalue weighted by atomic mass is 10.2. The number of pyridine rings is 1. The Balaban J connectivity index is 1.76. The van der Waals surface area contributed by atoms with E-state index in [2.05, 4.69) is 20.2 Å². The second-order valence-corrected chi connectivity index (χ2v) is 3.95. The summed E-state index contributed by atoms with van der Waals surface area (Å²) < 4.78 is 0. The number of nitrogens with one attached hydrogen (secondary N) is 1. The van der Waals surface area contributed by atoms with Gasteiger partial charge < -0.3 is 0 Å². The average molecular weight is 200 g/mol.